The van der Waals surface area contributed by atoms with Crippen molar-refractivity contribution in [1.29, 1.82) is 0 Å². The molecule has 1 fully saturated rings. The smallest absolute Gasteiger partial charge is 0.251 e. The molecule has 3 N–H and O–H groups in total. The summed E-state index contributed by atoms with van der Waals surface area (Å²) < 4.78 is 23.1. The lowest BCUT2D eigenvalue weighted by molar-refractivity contribution is -0.124. The molecule has 2 amide bonds. The third-order valence-corrected chi connectivity index (χ3v) is 6.73. The number of carbonyl (C=O) groups is 2. The third kappa shape index (κ3) is 4.62. The van der Waals surface area contributed by atoms with Gasteiger partial charge in [0.2, 0.25) is 5.91 Å². The molecule has 1 aliphatic heterocycles. The van der Waals surface area contributed by atoms with Crippen molar-refractivity contribution in [3.63, 3.8) is 0 Å². The maximum absolute atomic E-state index is 12.7. The molecule has 1 saturated heterocycles. The number of hydrogen-bond acceptors (Lipinski definition) is 5. The Morgan fingerprint density at radius 3 is 2.50 bits per heavy atom. The van der Waals surface area contributed by atoms with Crippen LogP contribution in [-0.4, -0.2) is 50.9 Å². The largest absolute Gasteiger partial charge is 0.352 e. The molecule has 0 aliphatic carbocycles. The van der Waals surface area contributed by atoms with E-state index >= 15 is 0 Å². The molecule has 8 heteroatoms. The first-order chi connectivity index (χ1) is 12.3. The second-order valence-corrected chi connectivity index (χ2v) is 8.98. The van der Waals surface area contributed by atoms with Gasteiger partial charge < -0.3 is 16.0 Å². The topological polar surface area (TPSA) is 104 Å². The molecular formula is C18H27N3O4S. The summed E-state index contributed by atoms with van der Waals surface area (Å²) in [6.45, 7) is 3.74. The molecule has 1 aliphatic rings. The van der Waals surface area contributed by atoms with E-state index in [0.717, 1.165) is 18.2 Å². The molecule has 0 unspecified atom stereocenters. The summed E-state index contributed by atoms with van der Waals surface area (Å²) in [5.41, 5.74) is 1.27. The van der Waals surface area contributed by atoms with E-state index in [-0.39, 0.29) is 25.3 Å². The zero-order chi connectivity index (χ0) is 19.2. The van der Waals surface area contributed by atoms with Crippen molar-refractivity contribution < 1.29 is 18.0 Å². The van der Waals surface area contributed by atoms with Gasteiger partial charge in [0.1, 0.15) is 0 Å². The highest BCUT2D eigenvalue weighted by molar-refractivity contribution is 7.92. The molecule has 0 atom stereocenters. The predicted molar refractivity (Wildman–Crippen MR) is 101 cm³/mol. The van der Waals surface area contributed by atoms with Gasteiger partial charge in [0.25, 0.3) is 5.91 Å². The van der Waals surface area contributed by atoms with Gasteiger partial charge in [-0.15, -0.1) is 0 Å². The summed E-state index contributed by atoms with van der Waals surface area (Å²) in [7, 11) is -3.54. The molecule has 1 aromatic rings. The molecule has 144 valence electrons. The first-order valence-corrected chi connectivity index (χ1v) is 10.7. The highest BCUT2D eigenvalue weighted by Gasteiger charge is 2.48. The molecule has 0 bridgehead atoms. The number of sulfone groups is 1. The highest BCUT2D eigenvalue weighted by Crippen LogP contribution is 2.28. The number of benzene rings is 1. The lowest BCUT2D eigenvalue weighted by Gasteiger charge is -2.34. The third-order valence-electron chi connectivity index (χ3n) is 4.71. The summed E-state index contributed by atoms with van der Waals surface area (Å²) in [4.78, 5) is 24.7. The molecule has 7 nitrogen and oxygen atoms in total. The van der Waals surface area contributed by atoms with Crippen LogP contribution in [0.3, 0.4) is 0 Å². The van der Waals surface area contributed by atoms with Crippen LogP contribution in [0, 0.1) is 0 Å². The van der Waals surface area contributed by atoms with Crippen molar-refractivity contribution in [2.24, 2.45) is 0 Å². The van der Waals surface area contributed by atoms with E-state index in [0.29, 0.717) is 25.2 Å². The number of piperidine rings is 1. The minimum atomic E-state index is -3.54. The molecule has 0 saturated carbocycles. The first kappa shape index (κ1) is 20.4. The quantitative estimate of drug-likeness (QED) is 0.642. The number of nitrogens with one attached hydrogen (secondary N) is 3. The Morgan fingerprint density at radius 1 is 1.19 bits per heavy atom. The van der Waals surface area contributed by atoms with Crippen LogP contribution in [0.5, 0.6) is 0 Å². The SMILES string of the molecule is CCCNC(=O)c1cccc(CNC(=O)C2(S(C)(=O)=O)CCNCC2)c1. The van der Waals surface area contributed by atoms with E-state index in [1.807, 2.05) is 6.92 Å². The fourth-order valence-corrected chi connectivity index (χ4v) is 4.46. The Kier molecular flexibility index (Phi) is 6.77. The Bertz CT molecular complexity index is 755. The molecule has 26 heavy (non-hydrogen) atoms. The average molecular weight is 381 g/mol. The normalized spacial score (nSPS) is 16.7. The Labute approximate surface area is 154 Å². The minimum absolute atomic E-state index is 0.161. The zero-order valence-corrected chi connectivity index (χ0v) is 16.1. The highest BCUT2D eigenvalue weighted by atomic mass is 32.2. The van der Waals surface area contributed by atoms with Crippen molar-refractivity contribution in [1.82, 2.24) is 16.0 Å². The summed E-state index contributed by atoms with van der Waals surface area (Å²) in [6, 6.07) is 6.97. The van der Waals surface area contributed by atoms with Gasteiger partial charge in [-0.25, -0.2) is 8.42 Å². The molecule has 0 aromatic heterocycles. The van der Waals surface area contributed by atoms with Crippen molar-refractivity contribution >= 4 is 21.7 Å². The second kappa shape index (κ2) is 8.64. The molecule has 0 radical (unpaired) electrons. The van der Waals surface area contributed by atoms with Gasteiger partial charge in [-0.1, -0.05) is 19.1 Å². The van der Waals surface area contributed by atoms with Gasteiger partial charge in [-0.3, -0.25) is 9.59 Å². The first-order valence-electron chi connectivity index (χ1n) is 8.86. The van der Waals surface area contributed by atoms with E-state index in [4.69, 9.17) is 0 Å². The van der Waals surface area contributed by atoms with Gasteiger partial charge in [0.15, 0.2) is 14.6 Å². The summed E-state index contributed by atoms with van der Waals surface area (Å²) in [6.07, 6.45) is 2.49. The van der Waals surface area contributed by atoms with E-state index in [9.17, 15) is 18.0 Å². The molecular weight excluding hydrogens is 354 g/mol. The fourth-order valence-electron chi connectivity index (χ4n) is 3.10. The Balaban J connectivity index is 2.08. The molecule has 2 rings (SSSR count). The van der Waals surface area contributed by atoms with Crippen LogP contribution < -0.4 is 16.0 Å². The second-order valence-electron chi connectivity index (χ2n) is 6.66. The fraction of sp³-hybridized carbons (Fsp3) is 0.556. The molecule has 1 heterocycles. The summed E-state index contributed by atoms with van der Waals surface area (Å²) in [5.74, 6) is -0.631. The van der Waals surface area contributed by atoms with Crippen LogP contribution in [0.15, 0.2) is 24.3 Å². The van der Waals surface area contributed by atoms with E-state index in [2.05, 4.69) is 16.0 Å². The van der Waals surface area contributed by atoms with Crippen LogP contribution in [0.2, 0.25) is 0 Å². The van der Waals surface area contributed by atoms with Crippen molar-refractivity contribution in [2.45, 2.75) is 37.5 Å². The van der Waals surface area contributed by atoms with Gasteiger partial charge >= 0.3 is 0 Å². The van der Waals surface area contributed by atoms with Gasteiger partial charge in [-0.2, -0.15) is 0 Å². The summed E-state index contributed by atoms with van der Waals surface area (Å²) in [5, 5.41) is 8.64. The molecule has 0 spiro atoms. The van der Waals surface area contributed by atoms with Crippen LogP contribution in [0.25, 0.3) is 0 Å². The Morgan fingerprint density at radius 2 is 1.88 bits per heavy atom. The van der Waals surface area contributed by atoms with Crippen molar-refractivity contribution in [2.75, 3.05) is 25.9 Å². The summed E-state index contributed by atoms with van der Waals surface area (Å²) >= 11 is 0. The number of hydrogen-bond donors (Lipinski definition) is 3. The van der Waals surface area contributed by atoms with Gasteiger partial charge in [-0.05, 0) is 50.0 Å². The van der Waals surface area contributed by atoms with Crippen molar-refractivity contribution in [3.05, 3.63) is 35.4 Å². The van der Waals surface area contributed by atoms with Crippen LogP contribution in [0.4, 0.5) is 0 Å². The van der Waals surface area contributed by atoms with E-state index in [1.54, 1.807) is 24.3 Å². The number of carbonyl (C=O) groups excluding carboxylic acids is 2. The standard InChI is InChI=1S/C18H27N3O4S/c1-3-9-20-16(22)15-6-4-5-14(12-15)13-21-17(23)18(26(2,24)25)7-10-19-11-8-18/h4-6,12,19H,3,7-11,13H2,1-2H3,(H,20,22)(H,21,23). The lowest BCUT2D eigenvalue weighted by Crippen LogP contribution is -2.57. The Hall–Kier alpha value is -1.93. The predicted octanol–water partition coefficient (Wildman–Crippen LogP) is 0.609. The lowest BCUT2D eigenvalue weighted by atomic mass is 9.95. The zero-order valence-electron chi connectivity index (χ0n) is 15.3. The van der Waals surface area contributed by atoms with Crippen LogP contribution in [0.1, 0.15) is 42.1 Å². The van der Waals surface area contributed by atoms with Gasteiger partial charge in [0, 0.05) is 24.9 Å². The maximum Gasteiger partial charge on any atom is 0.251 e. The van der Waals surface area contributed by atoms with Crippen LogP contribution >= 0.6 is 0 Å². The minimum Gasteiger partial charge on any atom is -0.352 e. The van der Waals surface area contributed by atoms with Gasteiger partial charge in [0.05, 0.1) is 0 Å². The average Bonchev–Trinajstić information content (AvgIpc) is 2.64. The van der Waals surface area contributed by atoms with Crippen molar-refractivity contribution in [3.8, 4) is 0 Å². The molecule has 1 aromatic carbocycles. The van der Waals surface area contributed by atoms with E-state index < -0.39 is 20.5 Å². The number of rotatable bonds is 7. The number of amides is 2. The van der Waals surface area contributed by atoms with Crippen LogP contribution in [-0.2, 0) is 21.2 Å². The monoisotopic (exact) mass is 381 g/mol. The van der Waals surface area contributed by atoms with E-state index in [1.165, 1.54) is 0 Å². The maximum atomic E-state index is 12.7.